The molecular formula is C11H17N3O3. The van der Waals surface area contributed by atoms with Crippen molar-refractivity contribution in [3.63, 3.8) is 0 Å². The zero-order chi connectivity index (χ0) is 12.7. The predicted octanol–water partition coefficient (Wildman–Crippen LogP) is 2.39. The fourth-order valence-corrected chi connectivity index (χ4v) is 1.64. The zero-order valence-corrected chi connectivity index (χ0v) is 10.1. The SMILES string of the molecule is CC(CN(Cc1ccco1)CC(C)N=O)N=O. The van der Waals surface area contributed by atoms with Gasteiger partial charge in [-0.05, 0) is 26.0 Å². The highest BCUT2D eigenvalue weighted by molar-refractivity contribution is 4.98. The van der Waals surface area contributed by atoms with Crippen molar-refractivity contribution < 1.29 is 4.42 Å². The second-order valence-corrected chi connectivity index (χ2v) is 4.18. The summed E-state index contributed by atoms with van der Waals surface area (Å²) in [6.07, 6.45) is 1.59. The minimum atomic E-state index is -0.316. The Kier molecular flexibility index (Phi) is 5.48. The molecule has 0 amide bonds. The number of rotatable bonds is 8. The third-order valence-electron chi connectivity index (χ3n) is 2.36. The van der Waals surface area contributed by atoms with E-state index in [9.17, 15) is 9.81 Å². The molecule has 0 aliphatic heterocycles. The molecule has 0 radical (unpaired) electrons. The van der Waals surface area contributed by atoms with Crippen molar-refractivity contribution in [1.29, 1.82) is 0 Å². The summed E-state index contributed by atoms with van der Waals surface area (Å²) in [6.45, 7) is 5.00. The number of nitroso groups, excluding NO2 is 2. The van der Waals surface area contributed by atoms with Crippen molar-refractivity contribution in [3.05, 3.63) is 34.0 Å². The van der Waals surface area contributed by atoms with Crippen LogP contribution in [0.5, 0.6) is 0 Å². The molecule has 0 spiro atoms. The quantitative estimate of drug-likeness (QED) is 0.653. The minimum absolute atomic E-state index is 0.316. The Hall–Kier alpha value is -1.56. The minimum Gasteiger partial charge on any atom is -0.468 e. The lowest BCUT2D eigenvalue weighted by Gasteiger charge is -2.22. The summed E-state index contributed by atoms with van der Waals surface area (Å²) in [7, 11) is 0. The Balaban J connectivity index is 2.57. The van der Waals surface area contributed by atoms with E-state index in [0.717, 1.165) is 5.76 Å². The smallest absolute Gasteiger partial charge is 0.117 e. The molecule has 0 aromatic carbocycles. The second-order valence-electron chi connectivity index (χ2n) is 4.18. The van der Waals surface area contributed by atoms with Gasteiger partial charge in [0, 0.05) is 13.1 Å². The number of hydrogen-bond donors (Lipinski definition) is 0. The largest absolute Gasteiger partial charge is 0.468 e. The van der Waals surface area contributed by atoms with E-state index in [-0.39, 0.29) is 12.1 Å². The first-order valence-electron chi connectivity index (χ1n) is 5.55. The van der Waals surface area contributed by atoms with E-state index in [1.807, 2.05) is 11.0 Å². The van der Waals surface area contributed by atoms with Crippen molar-refractivity contribution >= 4 is 0 Å². The molecule has 0 aliphatic rings. The third-order valence-corrected chi connectivity index (χ3v) is 2.36. The highest BCUT2D eigenvalue weighted by Crippen LogP contribution is 2.08. The van der Waals surface area contributed by atoms with Gasteiger partial charge in [-0.3, -0.25) is 4.90 Å². The van der Waals surface area contributed by atoms with Gasteiger partial charge in [0.2, 0.25) is 0 Å². The molecular weight excluding hydrogens is 222 g/mol. The normalized spacial score (nSPS) is 14.5. The fraction of sp³-hybridized carbons (Fsp3) is 0.636. The van der Waals surface area contributed by atoms with Crippen LogP contribution in [-0.2, 0) is 6.54 Å². The standard InChI is InChI=1S/C11H17N3O3/c1-9(12-15)6-14(7-10(2)13-16)8-11-4-3-5-17-11/h3-5,9-10H,6-8H2,1-2H3. The first kappa shape index (κ1) is 13.5. The maximum absolute atomic E-state index is 10.4. The average molecular weight is 239 g/mol. The summed E-state index contributed by atoms with van der Waals surface area (Å²) in [5, 5.41) is 5.92. The van der Waals surface area contributed by atoms with Gasteiger partial charge < -0.3 is 4.42 Å². The van der Waals surface area contributed by atoms with Crippen LogP contribution in [0, 0.1) is 9.81 Å². The number of hydrogen-bond acceptors (Lipinski definition) is 6. The molecule has 1 heterocycles. The van der Waals surface area contributed by atoms with E-state index in [0.29, 0.717) is 19.6 Å². The summed E-state index contributed by atoms with van der Waals surface area (Å²) in [5.74, 6) is 0.793. The zero-order valence-electron chi connectivity index (χ0n) is 10.1. The van der Waals surface area contributed by atoms with E-state index in [1.54, 1.807) is 26.2 Å². The topological polar surface area (TPSA) is 75.2 Å². The molecule has 0 saturated carbocycles. The van der Waals surface area contributed by atoms with Gasteiger partial charge in [-0.1, -0.05) is 10.4 Å². The molecule has 94 valence electrons. The van der Waals surface area contributed by atoms with Crippen LogP contribution in [0.3, 0.4) is 0 Å². The first-order valence-corrected chi connectivity index (χ1v) is 5.55. The lowest BCUT2D eigenvalue weighted by molar-refractivity contribution is 0.223. The van der Waals surface area contributed by atoms with Crippen LogP contribution in [-0.4, -0.2) is 30.1 Å². The molecule has 17 heavy (non-hydrogen) atoms. The molecule has 1 aromatic heterocycles. The highest BCUT2D eigenvalue weighted by Gasteiger charge is 2.15. The lowest BCUT2D eigenvalue weighted by atomic mass is 10.2. The molecule has 2 atom stereocenters. The van der Waals surface area contributed by atoms with E-state index < -0.39 is 0 Å². The molecule has 1 aromatic rings. The molecule has 0 bridgehead atoms. The Morgan fingerprint density at radius 2 is 1.82 bits per heavy atom. The van der Waals surface area contributed by atoms with Gasteiger partial charge in [-0.15, -0.1) is 0 Å². The molecule has 2 unspecified atom stereocenters. The van der Waals surface area contributed by atoms with Gasteiger partial charge in [0.25, 0.3) is 0 Å². The second kappa shape index (κ2) is 6.90. The molecule has 6 nitrogen and oxygen atoms in total. The van der Waals surface area contributed by atoms with Crippen LogP contribution >= 0.6 is 0 Å². The van der Waals surface area contributed by atoms with Crippen molar-refractivity contribution in [2.45, 2.75) is 32.5 Å². The summed E-state index contributed by atoms with van der Waals surface area (Å²) in [5.41, 5.74) is 0. The van der Waals surface area contributed by atoms with Crippen molar-refractivity contribution in [2.24, 2.45) is 10.4 Å². The number of furan rings is 1. The van der Waals surface area contributed by atoms with Gasteiger partial charge in [0.1, 0.15) is 17.8 Å². The molecule has 0 saturated heterocycles. The Labute approximate surface area is 99.9 Å². The van der Waals surface area contributed by atoms with Gasteiger partial charge in [-0.25, -0.2) is 0 Å². The third kappa shape index (κ3) is 4.86. The van der Waals surface area contributed by atoms with Crippen LogP contribution in [0.25, 0.3) is 0 Å². The van der Waals surface area contributed by atoms with Gasteiger partial charge in [0.05, 0.1) is 12.8 Å². The molecule has 0 N–H and O–H groups in total. The fourth-order valence-electron chi connectivity index (χ4n) is 1.64. The molecule has 1 rings (SSSR count). The Morgan fingerprint density at radius 3 is 2.24 bits per heavy atom. The van der Waals surface area contributed by atoms with E-state index in [1.165, 1.54) is 0 Å². The van der Waals surface area contributed by atoms with Crippen molar-refractivity contribution in [1.82, 2.24) is 4.90 Å². The van der Waals surface area contributed by atoms with Crippen LogP contribution in [0.4, 0.5) is 0 Å². The lowest BCUT2D eigenvalue weighted by Crippen LogP contribution is -2.34. The summed E-state index contributed by atoms with van der Waals surface area (Å²) < 4.78 is 5.24. The van der Waals surface area contributed by atoms with E-state index >= 15 is 0 Å². The Morgan fingerprint density at radius 1 is 1.24 bits per heavy atom. The maximum Gasteiger partial charge on any atom is 0.117 e. The van der Waals surface area contributed by atoms with Crippen LogP contribution < -0.4 is 0 Å². The van der Waals surface area contributed by atoms with Crippen molar-refractivity contribution in [2.75, 3.05) is 13.1 Å². The van der Waals surface area contributed by atoms with Gasteiger partial charge >= 0.3 is 0 Å². The highest BCUT2D eigenvalue weighted by atomic mass is 16.3. The summed E-state index contributed by atoms with van der Waals surface area (Å²) in [6, 6.07) is 3.02. The van der Waals surface area contributed by atoms with Gasteiger partial charge in [-0.2, -0.15) is 9.81 Å². The summed E-state index contributed by atoms with van der Waals surface area (Å²) >= 11 is 0. The predicted molar refractivity (Wildman–Crippen MR) is 64.5 cm³/mol. The summed E-state index contributed by atoms with van der Waals surface area (Å²) in [4.78, 5) is 22.8. The maximum atomic E-state index is 10.4. The molecule has 0 fully saturated rings. The molecule has 0 aliphatic carbocycles. The monoisotopic (exact) mass is 239 g/mol. The van der Waals surface area contributed by atoms with E-state index in [4.69, 9.17) is 4.42 Å². The van der Waals surface area contributed by atoms with E-state index in [2.05, 4.69) is 10.4 Å². The van der Waals surface area contributed by atoms with Crippen LogP contribution in [0.2, 0.25) is 0 Å². The van der Waals surface area contributed by atoms with Crippen molar-refractivity contribution in [3.8, 4) is 0 Å². The number of nitrogens with zero attached hydrogens (tertiary/aromatic N) is 3. The van der Waals surface area contributed by atoms with Crippen LogP contribution in [0.1, 0.15) is 19.6 Å². The Bertz CT molecular complexity index is 324. The molecule has 6 heteroatoms. The average Bonchev–Trinajstić information content (AvgIpc) is 2.81. The van der Waals surface area contributed by atoms with Gasteiger partial charge in [0.15, 0.2) is 0 Å². The first-order chi connectivity index (χ1) is 8.15. The van der Waals surface area contributed by atoms with Crippen LogP contribution in [0.15, 0.2) is 33.2 Å².